The van der Waals surface area contributed by atoms with E-state index in [1.807, 2.05) is 41.3 Å². The Kier molecular flexibility index (Phi) is 5.20. The van der Waals surface area contributed by atoms with Crippen LogP contribution in [-0.2, 0) is 0 Å². The topological polar surface area (TPSA) is 16.1 Å². The van der Waals surface area contributed by atoms with Gasteiger partial charge in [0.25, 0.3) is 0 Å². The second-order valence-corrected chi connectivity index (χ2v) is 4.42. The van der Waals surface area contributed by atoms with Gasteiger partial charge in [0.05, 0.1) is 11.8 Å². The third-order valence-electron chi connectivity index (χ3n) is 2.61. The Morgan fingerprint density at radius 3 is 1.89 bits per heavy atom. The Morgan fingerprint density at radius 1 is 0.842 bits per heavy atom. The second-order valence-electron chi connectivity index (χ2n) is 3.86. The number of rotatable bonds is 3. The van der Waals surface area contributed by atoms with Crippen molar-refractivity contribution in [1.29, 1.82) is 0 Å². The quantitative estimate of drug-likeness (QED) is 0.512. The maximum Gasteiger partial charge on any atom is 0.0618 e. The molecule has 0 atom stereocenters. The number of hydrogen-bond acceptors (Lipinski definition) is 4. The molecule has 2 nitrogen and oxygen atoms in total. The van der Waals surface area contributed by atoms with Gasteiger partial charge in [-0.25, -0.2) is 0 Å². The standard InChI is InChI=1S/C15H14N2S2/c18-11-17(12-19)15-5-3-13(4-6-15)1-2-14-7-9-16-10-8-14/h3-10,18-19H,11-12H2. The number of anilines is 1. The third kappa shape index (κ3) is 3.95. The summed E-state index contributed by atoms with van der Waals surface area (Å²) >= 11 is 8.53. The largest absolute Gasteiger partial charge is 0.354 e. The molecule has 0 amide bonds. The van der Waals surface area contributed by atoms with Crippen LogP contribution in [0, 0.1) is 11.8 Å². The van der Waals surface area contributed by atoms with Crippen molar-refractivity contribution in [3.8, 4) is 11.8 Å². The molecule has 0 radical (unpaired) electrons. The summed E-state index contributed by atoms with van der Waals surface area (Å²) in [5.74, 6) is 7.52. The van der Waals surface area contributed by atoms with Crippen LogP contribution in [0.1, 0.15) is 11.1 Å². The molecule has 1 heterocycles. The van der Waals surface area contributed by atoms with Crippen molar-refractivity contribution in [3.05, 3.63) is 59.9 Å². The molecule has 4 heteroatoms. The number of nitrogens with zero attached hydrogens (tertiary/aromatic N) is 2. The van der Waals surface area contributed by atoms with Gasteiger partial charge in [-0.1, -0.05) is 11.8 Å². The summed E-state index contributed by atoms with van der Waals surface area (Å²) < 4.78 is 0. The first-order valence-corrected chi connectivity index (χ1v) is 7.09. The lowest BCUT2D eigenvalue weighted by molar-refractivity contribution is 1.07. The minimum absolute atomic E-state index is 0.644. The van der Waals surface area contributed by atoms with Crippen molar-refractivity contribution >= 4 is 30.9 Å². The molecule has 1 aromatic carbocycles. The maximum atomic E-state index is 4.27. The molecule has 0 aliphatic rings. The van der Waals surface area contributed by atoms with E-state index in [-0.39, 0.29) is 0 Å². The van der Waals surface area contributed by atoms with Crippen LogP contribution in [0.15, 0.2) is 48.8 Å². The first-order valence-electron chi connectivity index (χ1n) is 5.82. The average molecular weight is 286 g/mol. The molecule has 0 aliphatic heterocycles. The van der Waals surface area contributed by atoms with Crippen LogP contribution >= 0.6 is 25.3 Å². The lowest BCUT2D eigenvalue weighted by Gasteiger charge is -2.19. The molecule has 0 N–H and O–H groups in total. The summed E-state index contributed by atoms with van der Waals surface area (Å²) in [4.78, 5) is 6.01. The first kappa shape index (κ1) is 13.9. The zero-order valence-electron chi connectivity index (χ0n) is 10.3. The fraction of sp³-hybridized carbons (Fsp3) is 0.133. The van der Waals surface area contributed by atoms with Gasteiger partial charge in [0, 0.05) is 29.2 Å². The summed E-state index contributed by atoms with van der Waals surface area (Å²) in [5, 5.41) is 0. The van der Waals surface area contributed by atoms with E-state index in [1.165, 1.54) is 0 Å². The molecule has 1 aromatic heterocycles. The molecule has 2 aromatic rings. The van der Waals surface area contributed by atoms with E-state index in [2.05, 4.69) is 42.1 Å². The third-order valence-corrected chi connectivity index (χ3v) is 3.29. The van der Waals surface area contributed by atoms with Gasteiger partial charge in [-0.15, -0.1) is 0 Å². The van der Waals surface area contributed by atoms with Crippen molar-refractivity contribution in [2.24, 2.45) is 0 Å². The number of aromatic nitrogens is 1. The van der Waals surface area contributed by atoms with E-state index in [4.69, 9.17) is 0 Å². The van der Waals surface area contributed by atoms with E-state index in [0.29, 0.717) is 11.8 Å². The average Bonchev–Trinajstić information content (AvgIpc) is 2.49. The summed E-state index contributed by atoms with van der Waals surface area (Å²) in [6.45, 7) is 0. The van der Waals surface area contributed by atoms with Crippen LogP contribution in [0.3, 0.4) is 0 Å². The van der Waals surface area contributed by atoms with Gasteiger partial charge < -0.3 is 4.90 Å². The zero-order chi connectivity index (χ0) is 13.5. The molecular formula is C15H14N2S2. The summed E-state index contributed by atoms with van der Waals surface area (Å²) in [6, 6.07) is 11.9. The smallest absolute Gasteiger partial charge is 0.0618 e. The highest BCUT2D eigenvalue weighted by Gasteiger charge is 2.00. The van der Waals surface area contributed by atoms with E-state index in [1.54, 1.807) is 12.4 Å². The Bertz CT molecular complexity index is 567. The van der Waals surface area contributed by atoms with Crippen LogP contribution in [0.5, 0.6) is 0 Å². The highest BCUT2D eigenvalue weighted by Crippen LogP contribution is 2.15. The van der Waals surface area contributed by atoms with Gasteiger partial charge in [-0.3, -0.25) is 4.98 Å². The van der Waals surface area contributed by atoms with Gasteiger partial charge in [0.1, 0.15) is 0 Å². The zero-order valence-corrected chi connectivity index (χ0v) is 12.1. The van der Waals surface area contributed by atoms with Crippen molar-refractivity contribution in [1.82, 2.24) is 4.98 Å². The predicted octanol–water partition coefficient (Wildman–Crippen LogP) is 3.06. The van der Waals surface area contributed by atoms with Crippen LogP contribution in [-0.4, -0.2) is 16.7 Å². The number of pyridine rings is 1. The molecule has 0 aliphatic carbocycles. The van der Waals surface area contributed by atoms with E-state index in [0.717, 1.165) is 16.8 Å². The normalized spacial score (nSPS) is 9.58. The fourth-order valence-corrected chi connectivity index (χ4v) is 2.23. The van der Waals surface area contributed by atoms with Crippen LogP contribution in [0.25, 0.3) is 0 Å². The molecule has 0 saturated carbocycles. The van der Waals surface area contributed by atoms with Crippen LogP contribution in [0.2, 0.25) is 0 Å². The van der Waals surface area contributed by atoms with Crippen molar-refractivity contribution < 1.29 is 0 Å². The highest BCUT2D eigenvalue weighted by molar-refractivity contribution is 7.81. The molecule has 0 spiro atoms. The minimum atomic E-state index is 0.644. The molecule has 2 rings (SSSR count). The Labute approximate surface area is 124 Å². The molecule has 0 bridgehead atoms. The summed E-state index contributed by atoms with van der Waals surface area (Å²) in [5.41, 5.74) is 3.05. The maximum absolute atomic E-state index is 4.27. The number of hydrogen-bond donors (Lipinski definition) is 2. The SMILES string of the molecule is SCN(CS)c1ccc(C#Cc2ccncc2)cc1. The van der Waals surface area contributed by atoms with Gasteiger partial charge in [0.15, 0.2) is 0 Å². The second kappa shape index (κ2) is 7.13. The lowest BCUT2D eigenvalue weighted by Crippen LogP contribution is -2.18. The fourth-order valence-electron chi connectivity index (χ4n) is 1.54. The van der Waals surface area contributed by atoms with Crippen LogP contribution in [0.4, 0.5) is 5.69 Å². The van der Waals surface area contributed by atoms with E-state index in [9.17, 15) is 0 Å². The van der Waals surface area contributed by atoms with Crippen molar-refractivity contribution in [2.45, 2.75) is 0 Å². The van der Waals surface area contributed by atoms with Crippen molar-refractivity contribution in [3.63, 3.8) is 0 Å². The van der Waals surface area contributed by atoms with Gasteiger partial charge in [0.2, 0.25) is 0 Å². The van der Waals surface area contributed by atoms with E-state index >= 15 is 0 Å². The van der Waals surface area contributed by atoms with Gasteiger partial charge in [-0.2, -0.15) is 25.3 Å². The Balaban J connectivity index is 2.14. The summed E-state index contributed by atoms with van der Waals surface area (Å²) in [6.07, 6.45) is 3.48. The number of benzene rings is 1. The minimum Gasteiger partial charge on any atom is -0.354 e. The summed E-state index contributed by atoms with van der Waals surface area (Å²) in [7, 11) is 0. The Morgan fingerprint density at radius 2 is 1.37 bits per heavy atom. The Hall–Kier alpha value is -1.57. The van der Waals surface area contributed by atoms with Gasteiger partial charge in [-0.05, 0) is 36.4 Å². The molecular weight excluding hydrogens is 272 g/mol. The molecule has 96 valence electrons. The highest BCUT2D eigenvalue weighted by atomic mass is 32.1. The van der Waals surface area contributed by atoms with Crippen molar-refractivity contribution in [2.75, 3.05) is 16.7 Å². The predicted molar refractivity (Wildman–Crippen MR) is 86.8 cm³/mol. The molecule has 0 fully saturated rings. The number of thiol groups is 2. The lowest BCUT2D eigenvalue weighted by atomic mass is 10.2. The monoisotopic (exact) mass is 286 g/mol. The first-order chi connectivity index (χ1) is 9.33. The van der Waals surface area contributed by atoms with E-state index < -0.39 is 0 Å². The molecule has 0 unspecified atom stereocenters. The van der Waals surface area contributed by atoms with Crippen LogP contribution < -0.4 is 4.90 Å². The molecule has 19 heavy (non-hydrogen) atoms. The van der Waals surface area contributed by atoms with Gasteiger partial charge >= 0.3 is 0 Å². The molecule has 0 saturated heterocycles.